The SMILES string of the molecule is COc1cc(C2C3=CCC4C(=O)N(c5cccc(B(O)O)c5)C(=O)C4C3CC3C(=O)N(c4ccc(F)c(Cl)c4)C(=O)C32C)cc(I)c1O. The third-order valence-corrected chi connectivity index (χ3v) is 11.6. The first-order chi connectivity index (χ1) is 22.8. The highest BCUT2D eigenvalue weighted by molar-refractivity contribution is 14.1. The van der Waals surface area contributed by atoms with E-state index in [0.29, 0.717) is 9.13 Å². The first kappa shape index (κ1) is 32.7. The number of ether oxygens (including phenoxy) is 1. The van der Waals surface area contributed by atoms with E-state index >= 15 is 0 Å². The summed E-state index contributed by atoms with van der Waals surface area (Å²) in [5.74, 6) is -6.54. The lowest BCUT2D eigenvalue weighted by atomic mass is 9.51. The normalized spacial score (nSPS) is 27.9. The van der Waals surface area contributed by atoms with Gasteiger partial charge in [-0.2, -0.15) is 0 Å². The van der Waals surface area contributed by atoms with Crippen LogP contribution in [0.1, 0.15) is 31.2 Å². The number of phenolic OH excluding ortho intramolecular Hbond substituents is 1. The van der Waals surface area contributed by atoms with E-state index in [1.807, 2.05) is 28.7 Å². The van der Waals surface area contributed by atoms with E-state index < -0.39 is 71.6 Å². The highest BCUT2D eigenvalue weighted by Gasteiger charge is 2.67. The van der Waals surface area contributed by atoms with Crippen molar-refractivity contribution in [2.75, 3.05) is 16.9 Å². The van der Waals surface area contributed by atoms with Crippen molar-refractivity contribution >= 4 is 81.8 Å². The van der Waals surface area contributed by atoms with Gasteiger partial charge in [-0.15, -0.1) is 0 Å². The van der Waals surface area contributed by atoms with Gasteiger partial charge in [-0.05, 0) is 102 Å². The number of nitrogens with zero attached hydrogens (tertiary/aromatic N) is 2. The highest BCUT2D eigenvalue weighted by atomic mass is 127. The van der Waals surface area contributed by atoms with E-state index in [1.165, 1.54) is 37.4 Å². The van der Waals surface area contributed by atoms with Crippen molar-refractivity contribution in [2.24, 2.45) is 29.1 Å². The van der Waals surface area contributed by atoms with Crippen LogP contribution in [0, 0.1) is 38.5 Å². The summed E-state index contributed by atoms with van der Waals surface area (Å²) in [5.41, 5.74) is 0.350. The van der Waals surface area contributed by atoms with Crippen LogP contribution in [0.25, 0.3) is 0 Å². The largest absolute Gasteiger partial charge is 0.504 e. The van der Waals surface area contributed by atoms with Gasteiger partial charge in [0.25, 0.3) is 0 Å². The molecule has 1 saturated carbocycles. The van der Waals surface area contributed by atoms with E-state index in [0.717, 1.165) is 21.4 Å². The van der Waals surface area contributed by atoms with Gasteiger partial charge >= 0.3 is 7.12 Å². The number of phenols is 1. The minimum atomic E-state index is -1.81. The Hall–Kier alpha value is -3.79. The predicted octanol–water partition coefficient (Wildman–Crippen LogP) is 3.91. The number of benzene rings is 3. The summed E-state index contributed by atoms with van der Waals surface area (Å²) in [7, 11) is -0.403. The van der Waals surface area contributed by atoms with Gasteiger partial charge in [0, 0.05) is 5.92 Å². The maximum Gasteiger partial charge on any atom is 0.488 e. The zero-order chi connectivity index (χ0) is 34.4. The van der Waals surface area contributed by atoms with E-state index in [2.05, 4.69) is 0 Å². The maximum atomic E-state index is 14.6. The molecule has 0 spiro atoms. The number of carbonyl (C=O) groups is 4. The van der Waals surface area contributed by atoms with Crippen LogP contribution < -0.4 is 20.0 Å². The molecule has 14 heteroatoms. The van der Waals surface area contributed by atoms with E-state index in [4.69, 9.17) is 16.3 Å². The number of carbonyl (C=O) groups excluding carboxylic acids is 4. The monoisotopic (exact) mass is 784 g/mol. The zero-order valence-electron chi connectivity index (χ0n) is 25.6. The number of allylic oxidation sites excluding steroid dienone is 2. The summed E-state index contributed by atoms with van der Waals surface area (Å²) in [6, 6.07) is 12.9. The van der Waals surface area contributed by atoms with Gasteiger partial charge in [-0.3, -0.25) is 24.1 Å². The summed E-state index contributed by atoms with van der Waals surface area (Å²) in [6.07, 6.45) is 2.18. The average Bonchev–Trinajstić information content (AvgIpc) is 3.43. The van der Waals surface area contributed by atoms with Gasteiger partial charge in [0.05, 0.1) is 50.2 Å². The zero-order valence-corrected chi connectivity index (χ0v) is 28.5. The van der Waals surface area contributed by atoms with Crippen LogP contribution in [0.4, 0.5) is 15.8 Å². The molecule has 7 rings (SSSR count). The van der Waals surface area contributed by atoms with Gasteiger partial charge < -0.3 is 19.9 Å². The second kappa shape index (κ2) is 11.7. The molecule has 4 amide bonds. The molecule has 3 aromatic carbocycles. The number of hydrogen-bond acceptors (Lipinski definition) is 8. The van der Waals surface area contributed by atoms with Gasteiger partial charge in [-0.1, -0.05) is 35.4 Å². The Morgan fingerprint density at radius 2 is 1.71 bits per heavy atom. The first-order valence-corrected chi connectivity index (χ1v) is 16.7. The summed E-state index contributed by atoms with van der Waals surface area (Å²) in [5, 5.41) is 29.9. The van der Waals surface area contributed by atoms with Gasteiger partial charge in [0.15, 0.2) is 11.5 Å². The molecule has 10 nitrogen and oxygen atoms in total. The van der Waals surface area contributed by atoms with Gasteiger partial charge in [-0.25, -0.2) is 9.29 Å². The molecule has 0 aromatic heterocycles. The van der Waals surface area contributed by atoms with E-state index in [9.17, 15) is 38.7 Å². The fourth-order valence-corrected chi connectivity index (χ4v) is 9.06. The lowest BCUT2D eigenvalue weighted by Crippen LogP contribution is -2.49. The first-order valence-electron chi connectivity index (χ1n) is 15.2. The quantitative estimate of drug-likeness (QED) is 0.153. The third-order valence-electron chi connectivity index (χ3n) is 10.5. The fraction of sp³-hybridized carbons (Fsp3) is 0.294. The Kier molecular flexibility index (Phi) is 7.97. The molecule has 0 radical (unpaired) electrons. The summed E-state index contributed by atoms with van der Waals surface area (Å²) in [4.78, 5) is 59.2. The number of anilines is 2. The Morgan fingerprint density at radius 3 is 2.40 bits per heavy atom. The molecule has 4 aliphatic rings. The molecule has 6 unspecified atom stereocenters. The topological polar surface area (TPSA) is 145 Å². The molecule has 246 valence electrons. The Labute approximate surface area is 293 Å². The van der Waals surface area contributed by atoms with E-state index in [1.54, 1.807) is 25.1 Å². The number of imide groups is 2. The molecular formula is C34H28BClFIN2O8. The van der Waals surface area contributed by atoms with Gasteiger partial charge in [0.2, 0.25) is 23.6 Å². The van der Waals surface area contributed by atoms with Crippen LogP contribution >= 0.6 is 34.2 Å². The molecule has 0 bridgehead atoms. The standard InChI is InChI=1S/C34H28BClFIN2O8/c1-34-22(31(43)40(33(34)45)18-6-9-24(37)23(36)13-18)14-21-19(28(34)15-10-25(38)29(41)26(11-15)48-2)7-8-20-27(21)32(44)39(30(20)42)17-5-3-4-16(12-17)35(46)47/h3-7,9-13,20-22,27-28,41,46-47H,8,14H2,1-2H3. The number of methoxy groups -OCH3 is 1. The highest BCUT2D eigenvalue weighted by Crippen LogP contribution is 2.64. The lowest BCUT2D eigenvalue weighted by molar-refractivity contribution is -0.131. The van der Waals surface area contributed by atoms with Crippen molar-refractivity contribution < 1.29 is 43.5 Å². The molecule has 48 heavy (non-hydrogen) atoms. The molecular weight excluding hydrogens is 757 g/mol. The molecule has 2 aliphatic heterocycles. The smallest absolute Gasteiger partial charge is 0.488 e. The van der Waals surface area contributed by atoms with Crippen LogP contribution in [0.3, 0.4) is 0 Å². The third kappa shape index (κ3) is 4.65. The second-order valence-corrected chi connectivity index (χ2v) is 14.4. The number of halogens is 3. The Morgan fingerprint density at radius 1 is 0.979 bits per heavy atom. The summed E-state index contributed by atoms with van der Waals surface area (Å²) < 4.78 is 20.0. The van der Waals surface area contributed by atoms with Crippen molar-refractivity contribution in [1.82, 2.24) is 0 Å². The van der Waals surface area contributed by atoms with Crippen LogP contribution in [0.15, 0.2) is 66.2 Å². The minimum Gasteiger partial charge on any atom is -0.504 e. The molecule has 2 heterocycles. The molecule has 3 aromatic rings. The number of rotatable bonds is 5. The predicted molar refractivity (Wildman–Crippen MR) is 182 cm³/mol. The number of amides is 4. The van der Waals surface area contributed by atoms with Crippen molar-refractivity contribution in [1.29, 1.82) is 0 Å². The molecule has 2 aliphatic carbocycles. The average molecular weight is 785 g/mol. The molecule has 2 saturated heterocycles. The second-order valence-electron chi connectivity index (χ2n) is 12.8. The Balaban J connectivity index is 1.38. The van der Waals surface area contributed by atoms with Crippen molar-refractivity contribution in [3.05, 3.63) is 86.2 Å². The van der Waals surface area contributed by atoms with Crippen LogP contribution in [-0.2, 0) is 19.2 Å². The number of aromatic hydroxyl groups is 1. The number of fused-ring (bicyclic) bond motifs is 4. The minimum absolute atomic E-state index is 0.0879. The lowest BCUT2D eigenvalue weighted by Gasteiger charge is -2.49. The van der Waals surface area contributed by atoms with Gasteiger partial charge in [0.1, 0.15) is 5.82 Å². The van der Waals surface area contributed by atoms with Crippen molar-refractivity contribution in [3.63, 3.8) is 0 Å². The number of hydrogen-bond donors (Lipinski definition) is 3. The van der Waals surface area contributed by atoms with E-state index in [-0.39, 0.29) is 46.2 Å². The Bertz CT molecular complexity index is 1970. The fourth-order valence-electron chi connectivity index (χ4n) is 8.26. The molecule has 6 atom stereocenters. The summed E-state index contributed by atoms with van der Waals surface area (Å²) in [6.45, 7) is 1.71. The van der Waals surface area contributed by atoms with Crippen LogP contribution in [0.5, 0.6) is 11.5 Å². The molecule has 3 N–H and O–H groups in total. The molecule has 3 fully saturated rings. The summed E-state index contributed by atoms with van der Waals surface area (Å²) >= 11 is 8.03. The van der Waals surface area contributed by atoms with Crippen LogP contribution in [0.2, 0.25) is 5.02 Å². The van der Waals surface area contributed by atoms with Crippen molar-refractivity contribution in [2.45, 2.75) is 25.7 Å². The van der Waals surface area contributed by atoms with Crippen molar-refractivity contribution in [3.8, 4) is 11.5 Å². The van der Waals surface area contributed by atoms with Crippen LogP contribution in [-0.4, -0.2) is 53.0 Å². The maximum absolute atomic E-state index is 14.6.